The number of carbonyl (C=O) groups excluding carboxylic acids is 1. The van der Waals surface area contributed by atoms with Gasteiger partial charge >= 0.3 is 0 Å². The van der Waals surface area contributed by atoms with Crippen LogP contribution in [0.1, 0.15) is 29.9 Å². The zero-order valence-corrected chi connectivity index (χ0v) is 15.2. The molecule has 0 spiro atoms. The van der Waals surface area contributed by atoms with Crippen LogP contribution in [-0.2, 0) is 6.54 Å². The van der Waals surface area contributed by atoms with E-state index >= 15 is 0 Å². The third-order valence-corrected chi connectivity index (χ3v) is 4.27. The van der Waals surface area contributed by atoms with E-state index in [9.17, 15) is 9.18 Å². The summed E-state index contributed by atoms with van der Waals surface area (Å²) in [7, 11) is 0. The average molecular weight is 380 g/mol. The minimum atomic E-state index is -0.421. The van der Waals surface area contributed by atoms with E-state index in [4.69, 9.17) is 23.2 Å². The Morgan fingerprint density at radius 1 is 1.24 bits per heavy atom. The molecule has 0 saturated carbocycles. The summed E-state index contributed by atoms with van der Waals surface area (Å²) in [5, 5.41) is 8.68. The van der Waals surface area contributed by atoms with Crippen LogP contribution in [0.15, 0.2) is 36.4 Å². The van der Waals surface area contributed by atoms with Gasteiger partial charge in [-0.05, 0) is 49.7 Å². The Hall–Kier alpha value is -2.11. The number of rotatable bonds is 4. The van der Waals surface area contributed by atoms with Gasteiger partial charge in [-0.1, -0.05) is 29.3 Å². The second kappa shape index (κ2) is 7.02. The molecule has 0 saturated heterocycles. The monoisotopic (exact) mass is 379 g/mol. The molecule has 0 aliphatic carbocycles. The number of amides is 1. The van der Waals surface area contributed by atoms with E-state index < -0.39 is 5.82 Å². The molecule has 7 heteroatoms. The van der Waals surface area contributed by atoms with Gasteiger partial charge < -0.3 is 5.32 Å². The number of nitrogens with one attached hydrogen (secondary N) is 1. The molecule has 1 aromatic heterocycles. The molecule has 2 aromatic carbocycles. The summed E-state index contributed by atoms with van der Waals surface area (Å²) in [5.74, 6) is -0.762. The maximum atomic E-state index is 13.7. The van der Waals surface area contributed by atoms with Crippen LogP contribution in [0.3, 0.4) is 0 Å². The van der Waals surface area contributed by atoms with E-state index in [0.29, 0.717) is 27.5 Å². The zero-order chi connectivity index (χ0) is 18.1. The molecule has 1 N–H and O–H groups in total. The maximum Gasteiger partial charge on any atom is 0.272 e. The van der Waals surface area contributed by atoms with Crippen LogP contribution in [0, 0.1) is 5.82 Å². The van der Waals surface area contributed by atoms with Gasteiger partial charge in [-0.15, -0.1) is 0 Å². The summed E-state index contributed by atoms with van der Waals surface area (Å²) < 4.78 is 15.3. The van der Waals surface area contributed by atoms with Crippen molar-refractivity contribution >= 4 is 40.0 Å². The summed E-state index contributed by atoms with van der Waals surface area (Å²) in [4.78, 5) is 12.4. The number of hydrogen-bond acceptors (Lipinski definition) is 2. The van der Waals surface area contributed by atoms with E-state index in [0.717, 1.165) is 5.56 Å². The van der Waals surface area contributed by atoms with Crippen molar-refractivity contribution in [2.45, 2.75) is 26.4 Å². The fourth-order valence-electron chi connectivity index (χ4n) is 2.58. The number of hydrogen-bond donors (Lipinski definition) is 1. The molecule has 3 rings (SSSR count). The van der Waals surface area contributed by atoms with Crippen LogP contribution in [0.2, 0.25) is 10.0 Å². The van der Waals surface area contributed by atoms with E-state index in [1.807, 2.05) is 13.8 Å². The predicted octanol–water partition coefficient (Wildman–Crippen LogP) is 4.67. The lowest BCUT2D eigenvalue weighted by molar-refractivity contribution is 0.0939. The fourth-order valence-corrected chi connectivity index (χ4v) is 3.05. The smallest absolute Gasteiger partial charge is 0.272 e. The lowest BCUT2D eigenvalue weighted by Crippen LogP contribution is -2.30. The van der Waals surface area contributed by atoms with Crippen LogP contribution in [0.25, 0.3) is 10.9 Å². The minimum Gasteiger partial charge on any atom is -0.348 e. The third kappa shape index (κ3) is 3.78. The van der Waals surface area contributed by atoms with Crippen LogP contribution < -0.4 is 5.32 Å². The fraction of sp³-hybridized carbons (Fsp3) is 0.222. The Bertz CT molecular complexity index is 953. The molecule has 0 unspecified atom stereocenters. The molecule has 0 radical (unpaired) electrons. The van der Waals surface area contributed by atoms with Crippen molar-refractivity contribution in [3.63, 3.8) is 0 Å². The summed E-state index contributed by atoms with van der Waals surface area (Å²) in [6.45, 7) is 4.05. The molecule has 130 valence electrons. The van der Waals surface area contributed by atoms with Crippen molar-refractivity contribution in [2.24, 2.45) is 0 Å². The van der Waals surface area contributed by atoms with Gasteiger partial charge in [0.05, 0.1) is 12.1 Å². The Kier molecular flexibility index (Phi) is 4.97. The van der Waals surface area contributed by atoms with Gasteiger partial charge in [0.25, 0.3) is 5.91 Å². The Balaban J connectivity index is 2.07. The molecule has 0 fully saturated rings. The van der Waals surface area contributed by atoms with E-state index in [1.54, 1.807) is 28.9 Å². The first kappa shape index (κ1) is 17.7. The second-order valence-corrected chi connectivity index (χ2v) is 6.88. The standard InChI is InChI=1S/C18H16Cl2FN3O/c1-10(2)22-18(25)17-14-8-13(21)5-6-16(14)24(23-17)9-11-3-4-12(19)7-15(11)20/h3-8,10H,9H2,1-2H3,(H,22,25). The highest BCUT2D eigenvalue weighted by Gasteiger charge is 2.19. The Labute approximate surface area is 154 Å². The van der Waals surface area contributed by atoms with Crippen LogP contribution >= 0.6 is 23.2 Å². The first-order valence-corrected chi connectivity index (χ1v) is 8.51. The van der Waals surface area contributed by atoms with Gasteiger partial charge in [0.15, 0.2) is 5.69 Å². The number of halogens is 3. The van der Waals surface area contributed by atoms with Gasteiger partial charge in [-0.2, -0.15) is 5.10 Å². The first-order valence-electron chi connectivity index (χ1n) is 7.76. The second-order valence-electron chi connectivity index (χ2n) is 6.03. The topological polar surface area (TPSA) is 46.9 Å². The lowest BCUT2D eigenvalue weighted by atomic mass is 10.2. The van der Waals surface area contributed by atoms with Crippen molar-refractivity contribution in [1.82, 2.24) is 15.1 Å². The highest BCUT2D eigenvalue weighted by Crippen LogP contribution is 2.25. The molecule has 0 bridgehead atoms. The van der Waals surface area contributed by atoms with Crippen LogP contribution in [0.5, 0.6) is 0 Å². The van der Waals surface area contributed by atoms with Crippen molar-refractivity contribution < 1.29 is 9.18 Å². The van der Waals surface area contributed by atoms with Gasteiger partial charge in [0, 0.05) is 21.5 Å². The maximum absolute atomic E-state index is 13.7. The van der Waals surface area contributed by atoms with E-state index in [2.05, 4.69) is 10.4 Å². The Morgan fingerprint density at radius 2 is 2.00 bits per heavy atom. The molecule has 0 aliphatic rings. The lowest BCUT2D eigenvalue weighted by Gasteiger charge is -2.07. The number of aromatic nitrogens is 2. The molecule has 0 atom stereocenters. The van der Waals surface area contributed by atoms with Crippen LogP contribution in [-0.4, -0.2) is 21.7 Å². The normalized spacial score (nSPS) is 11.3. The van der Waals surface area contributed by atoms with Crippen molar-refractivity contribution in [1.29, 1.82) is 0 Å². The molecular formula is C18H16Cl2FN3O. The quantitative estimate of drug-likeness (QED) is 0.715. The van der Waals surface area contributed by atoms with Gasteiger partial charge in [-0.25, -0.2) is 4.39 Å². The molecule has 1 amide bonds. The van der Waals surface area contributed by atoms with Gasteiger partial charge in [0.2, 0.25) is 0 Å². The third-order valence-electron chi connectivity index (χ3n) is 3.68. The number of nitrogens with zero attached hydrogens (tertiary/aromatic N) is 2. The molecule has 4 nitrogen and oxygen atoms in total. The molecular weight excluding hydrogens is 364 g/mol. The molecule has 0 aliphatic heterocycles. The summed E-state index contributed by atoms with van der Waals surface area (Å²) in [6, 6.07) is 9.40. The Morgan fingerprint density at radius 3 is 2.68 bits per heavy atom. The number of fused-ring (bicyclic) bond motifs is 1. The number of benzene rings is 2. The van der Waals surface area contributed by atoms with E-state index in [1.165, 1.54) is 12.1 Å². The largest absolute Gasteiger partial charge is 0.348 e. The summed E-state index contributed by atoms with van der Waals surface area (Å²) in [5.41, 5.74) is 1.64. The van der Waals surface area contributed by atoms with Gasteiger partial charge in [0.1, 0.15) is 5.82 Å². The molecule has 1 heterocycles. The predicted molar refractivity (Wildman–Crippen MR) is 97.9 cm³/mol. The minimum absolute atomic E-state index is 0.0491. The summed E-state index contributed by atoms with van der Waals surface area (Å²) in [6.07, 6.45) is 0. The van der Waals surface area contributed by atoms with Gasteiger partial charge in [-0.3, -0.25) is 9.48 Å². The average Bonchev–Trinajstić information content (AvgIpc) is 2.87. The highest BCUT2D eigenvalue weighted by atomic mass is 35.5. The number of carbonyl (C=O) groups is 1. The first-order chi connectivity index (χ1) is 11.8. The zero-order valence-electron chi connectivity index (χ0n) is 13.7. The van der Waals surface area contributed by atoms with E-state index in [-0.39, 0.29) is 17.6 Å². The van der Waals surface area contributed by atoms with Crippen molar-refractivity contribution in [3.8, 4) is 0 Å². The van der Waals surface area contributed by atoms with Crippen LogP contribution in [0.4, 0.5) is 4.39 Å². The SMILES string of the molecule is CC(C)NC(=O)c1nn(Cc2ccc(Cl)cc2Cl)c2ccc(F)cc12. The summed E-state index contributed by atoms with van der Waals surface area (Å²) >= 11 is 12.2. The van der Waals surface area contributed by atoms with Crippen molar-refractivity contribution in [2.75, 3.05) is 0 Å². The molecule has 3 aromatic rings. The highest BCUT2D eigenvalue weighted by molar-refractivity contribution is 6.35. The molecule has 25 heavy (non-hydrogen) atoms. The van der Waals surface area contributed by atoms with Crippen molar-refractivity contribution in [3.05, 3.63) is 63.5 Å².